The molecule has 96 valence electrons. The lowest BCUT2D eigenvalue weighted by atomic mass is 9.92. The standard InChI is InChI=1S/C13H20ClNO2/c1-4-15-8-7-13(2,16)10-5-6-11(14)12(9-10)17-3/h5-6,9,15-16H,4,7-8H2,1-3H3. The molecule has 0 aliphatic carbocycles. The van der Waals surface area contributed by atoms with Gasteiger partial charge in [0.25, 0.3) is 0 Å². The molecule has 0 aliphatic rings. The fourth-order valence-electron chi connectivity index (χ4n) is 1.65. The summed E-state index contributed by atoms with van der Waals surface area (Å²) in [4.78, 5) is 0. The maximum absolute atomic E-state index is 10.4. The zero-order chi connectivity index (χ0) is 12.9. The van der Waals surface area contributed by atoms with Gasteiger partial charge in [-0.25, -0.2) is 0 Å². The highest BCUT2D eigenvalue weighted by Crippen LogP contribution is 2.31. The first kappa shape index (κ1) is 14.3. The van der Waals surface area contributed by atoms with Crippen molar-refractivity contribution in [3.05, 3.63) is 28.8 Å². The molecule has 0 saturated heterocycles. The van der Waals surface area contributed by atoms with Gasteiger partial charge in [-0.15, -0.1) is 0 Å². The van der Waals surface area contributed by atoms with Gasteiger partial charge in [0.15, 0.2) is 0 Å². The summed E-state index contributed by atoms with van der Waals surface area (Å²) < 4.78 is 5.15. The van der Waals surface area contributed by atoms with Crippen molar-refractivity contribution >= 4 is 11.6 Å². The fraction of sp³-hybridized carbons (Fsp3) is 0.538. The van der Waals surface area contributed by atoms with E-state index in [-0.39, 0.29) is 0 Å². The van der Waals surface area contributed by atoms with Gasteiger partial charge in [-0.05, 0) is 44.1 Å². The van der Waals surface area contributed by atoms with Gasteiger partial charge in [0.1, 0.15) is 5.75 Å². The maximum Gasteiger partial charge on any atom is 0.137 e. The van der Waals surface area contributed by atoms with Crippen molar-refractivity contribution in [2.24, 2.45) is 0 Å². The van der Waals surface area contributed by atoms with Crippen LogP contribution in [0.15, 0.2) is 18.2 Å². The Morgan fingerprint density at radius 1 is 1.47 bits per heavy atom. The number of methoxy groups -OCH3 is 1. The molecule has 0 heterocycles. The molecule has 0 bridgehead atoms. The molecular formula is C13H20ClNO2. The minimum Gasteiger partial charge on any atom is -0.495 e. The summed E-state index contributed by atoms with van der Waals surface area (Å²) in [5.74, 6) is 0.591. The third kappa shape index (κ3) is 3.87. The Bertz CT molecular complexity index is 366. The summed E-state index contributed by atoms with van der Waals surface area (Å²) >= 11 is 5.95. The molecule has 2 N–H and O–H groups in total. The van der Waals surface area contributed by atoms with Crippen LogP contribution in [0.2, 0.25) is 5.02 Å². The van der Waals surface area contributed by atoms with E-state index in [2.05, 4.69) is 5.32 Å². The van der Waals surface area contributed by atoms with Crippen molar-refractivity contribution < 1.29 is 9.84 Å². The van der Waals surface area contributed by atoms with Crippen molar-refractivity contribution in [2.45, 2.75) is 25.9 Å². The molecule has 1 rings (SSSR count). The van der Waals surface area contributed by atoms with Gasteiger partial charge in [-0.3, -0.25) is 0 Å². The molecular weight excluding hydrogens is 238 g/mol. The van der Waals surface area contributed by atoms with E-state index in [9.17, 15) is 5.11 Å². The number of rotatable bonds is 6. The van der Waals surface area contributed by atoms with Crippen LogP contribution in [-0.2, 0) is 5.60 Å². The number of halogens is 1. The lowest BCUT2D eigenvalue weighted by Crippen LogP contribution is -2.27. The molecule has 0 aromatic heterocycles. The molecule has 1 atom stereocenters. The summed E-state index contributed by atoms with van der Waals surface area (Å²) in [7, 11) is 1.57. The Kier molecular flexibility index (Phi) is 5.25. The number of hydrogen-bond donors (Lipinski definition) is 2. The van der Waals surface area contributed by atoms with E-state index in [4.69, 9.17) is 16.3 Å². The van der Waals surface area contributed by atoms with E-state index in [1.54, 1.807) is 26.2 Å². The van der Waals surface area contributed by atoms with Crippen LogP contribution in [0.1, 0.15) is 25.8 Å². The molecule has 0 spiro atoms. The van der Waals surface area contributed by atoms with E-state index < -0.39 is 5.60 Å². The number of benzene rings is 1. The maximum atomic E-state index is 10.4. The lowest BCUT2D eigenvalue weighted by Gasteiger charge is -2.24. The largest absolute Gasteiger partial charge is 0.495 e. The molecule has 1 aromatic rings. The first-order valence-electron chi connectivity index (χ1n) is 5.78. The molecule has 3 nitrogen and oxygen atoms in total. The van der Waals surface area contributed by atoms with Crippen LogP contribution < -0.4 is 10.1 Å². The van der Waals surface area contributed by atoms with Gasteiger partial charge in [0.2, 0.25) is 0 Å². The second kappa shape index (κ2) is 6.24. The summed E-state index contributed by atoms with van der Waals surface area (Å²) in [6, 6.07) is 5.36. The highest BCUT2D eigenvalue weighted by molar-refractivity contribution is 6.32. The average molecular weight is 258 g/mol. The zero-order valence-corrected chi connectivity index (χ0v) is 11.3. The van der Waals surface area contributed by atoms with Crippen LogP contribution >= 0.6 is 11.6 Å². The third-order valence-corrected chi connectivity index (χ3v) is 3.12. The summed E-state index contributed by atoms with van der Waals surface area (Å²) in [5.41, 5.74) is -0.0586. The van der Waals surface area contributed by atoms with Crippen LogP contribution in [-0.4, -0.2) is 25.3 Å². The Labute approximate surface area is 108 Å². The molecule has 0 saturated carbocycles. The van der Waals surface area contributed by atoms with E-state index in [1.807, 2.05) is 13.0 Å². The van der Waals surface area contributed by atoms with Gasteiger partial charge in [0.05, 0.1) is 17.7 Å². The Morgan fingerprint density at radius 2 is 2.18 bits per heavy atom. The van der Waals surface area contributed by atoms with Crippen LogP contribution in [0.4, 0.5) is 0 Å². The molecule has 0 amide bonds. The molecule has 1 aromatic carbocycles. The van der Waals surface area contributed by atoms with Crippen molar-refractivity contribution in [2.75, 3.05) is 20.2 Å². The van der Waals surface area contributed by atoms with Crippen molar-refractivity contribution in [3.8, 4) is 5.75 Å². The molecule has 17 heavy (non-hydrogen) atoms. The van der Waals surface area contributed by atoms with Crippen LogP contribution in [0, 0.1) is 0 Å². The normalized spacial score (nSPS) is 14.4. The van der Waals surface area contributed by atoms with E-state index in [0.29, 0.717) is 17.2 Å². The number of aliphatic hydroxyl groups is 1. The minimum absolute atomic E-state index is 0.554. The van der Waals surface area contributed by atoms with Crippen LogP contribution in [0.3, 0.4) is 0 Å². The highest BCUT2D eigenvalue weighted by Gasteiger charge is 2.23. The predicted molar refractivity (Wildman–Crippen MR) is 70.7 cm³/mol. The van der Waals surface area contributed by atoms with Crippen molar-refractivity contribution in [1.82, 2.24) is 5.32 Å². The van der Waals surface area contributed by atoms with Gasteiger partial charge < -0.3 is 15.2 Å². The Hall–Kier alpha value is -0.770. The monoisotopic (exact) mass is 257 g/mol. The van der Waals surface area contributed by atoms with Crippen molar-refractivity contribution in [1.29, 1.82) is 0 Å². The number of nitrogens with one attached hydrogen (secondary N) is 1. The first-order chi connectivity index (χ1) is 8.01. The number of hydrogen-bond acceptors (Lipinski definition) is 3. The fourth-order valence-corrected chi connectivity index (χ4v) is 1.84. The van der Waals surface area contributed by atoms with Gasteiger partial charge in [0, 0.05) is 0 Å². The predicted octanol–water partition coefficient (Wildman–Crippen LogP) is 2.56. The van der Waals surface area contributed by atoms with Gasteiger partial charge in [-0.1, -0.05) is 24.6 Å². The van der Waals surface area contributed by atoms with E-state index in [1.165, 1.54) is 0 Å². The Morgan fingerprint density at radius 3 is 2.76 bits per heavy atom. The lowest BCUT2D eigenvalue weighted by molar-refractivity contribution is 0.0479. The zero-order valence-electron chi connectivity index (χ0n) is 10.6. The van der Waals surface area contributed by atoms with Gasteiger partial charge >= 0.3 is 0 Å². The Balaban J connectivity index is 2.82. The summed E-state index contributed by atoms with van der Waals surface area (Å²) in [6.07, 6.45) is 0.644. The second-order valence-electron chi connectivity index (χ2n) is 4.23. The summed E-state index contributed by atoms with van der Waals surface area (Å²) in [6.45, 7) is 5.52. The SMILES string of the molecule is CCNCCC(C)(O)c1ccc(Cl)c(OC)c1. The molecule has 0 radical (unpaired) electrons. The van der Waals surface area contributed by atoms with Crippen molar-refractivity contribution in [3.63, 3.8) is 0 Å². The second-order valence-corrected chi connectivity index (χ2v) is 4.63. The van der Waals surface area contributed by atoms with Gasteiger partial charge in [-0.2, -0.15) is 0 Å². The quantitative estimate of drug-likeness (QED) is 0.770. The summed E-state index contributed by atoms with van der Waals surface area (Å²) in [5, 5.41) is 14.1. The average Bonchev–Trinajstić information content (AvgIpc) is 2.29. The number of ether oxygens (including phenoxy) is 1. The minimum atomic E-state index is -0.875. The van der Waals surface area contributed by atoms with E-state index >= 15 is 0 Å². The smallest absolute Gasteiger partial charge is 0.137 e. The molecule has 1 unspecified atom stereocenters. The van der Waals surface area contributed by atoms with E-state index in [0.717, 1.165) is 18.7 Å². The molecule has 0 fully saturated rings. The molecule has 4 heteroatoms. The highest BCUT2D eigenvalue weighted by atomic mass is 35.5. The van der Waals surface area contributed by atoms with Crippen LogP contribution in [0.5, 0.6) is 5.75 Å². The molecule has 0 aliphatic heterocycles. The van der Waals surface area contributed by atoms with Crippen LogP contribution in [0.25, 0.3) is 0 Å². The topological polar surface area (TPSA) is 41.5 Å². The first-order valence-corrected chi connectivity index (χ1v) is 6.16. The third-order valence-electron chi connectivity index (χ3n) is 2.81.